The van der Waals surface area contributed by atoms with Gasteiger partial charge >= 0.3 is 0 Å². The van der Waals surface area contributed by atoms with Gasteiger partial charge in [0, 0.05) is 5.56 Å². The van der Waals surface area contributed by atoms with E-state index in [1.54, 1.807) is 18.0 Å². The molecular formula is C16H18O2S. The average molecular weight is 274 g/mol. The van der Waals surface area contributed by atoms with E-state index in [0.717, 1.165) is 22.6 Å². The van der Waals surface area contributed by atoms with Crippen molar-refractivity contribution in [2.45, 2.75) is 31.8 Å². The summed E-state index contributed by atoms with van der Waals surface area (Å²) in [5, 5.41) is -0.0628. The Morgan fingerprint density at radius 1 is 1.26 bits per heavy atom. The normalized spacial score (nSPS) is 12.4. The number of rotatable bonds is 5. The molecule has 1 heterocycles. The topological polar surface area (TPSA) is 30.2 Å². The minimum atomic E-state index is -0.0628. The molecule has 0 saturated carbocycles. The average Bonchev–Trinajstić information content (AvgIpc) is 2.91. The molecule has 1 aromatic carbocycles. The lowest BCUT2D eigenvalue weighted by Crippen LogP contribution is -2.14. The fourth-order valence-corrected chi connectivity index (χ4v) is 2.67. The Morgan fingerprint density at radius 3 is 2.68 bits per heavy atom. The number of benzene rings is 1. The molecule has 0 aliphatic carbocycles. The van der Waals surface area contributed by atoms with Crippen LogP contribution in [0.5, 0.6) is 0 Å². The Labute approximate surface area is 118 Å². The standard InChI is InChI=1S/C16H18O2S/c1-11-6-7-14(9-12(11)2)16(17)13(3)19-10-15-5-4-8-18-15/h4-9,13H,10H2,1-3H3. The fourth-order valence-electron chi connectivity index (χ4n) is 1.81. The SMILES string of the molecule is Cc1ccc(C(=O)C(C)SCc2ccco2)cc1C. The van der Waals surface area contributed by atoms with Crippen molar-refractivity contribution < 1.29 is 9.21 Å². The van der Waals surface area contributed by atoms with E-state index in [4.69, 9.17) is 4.42 Å². The van der Waals surface area contributed by atoms with Crippen LogP contribution in [0.15, 0.2) is 41.0 Å². The quantitative estimate of drug-likeness (QED) is 0.757. The second-order valence-electron chi connectivity index (χ2n) is 4.70. The van der Waals surface area contributed by atoms with Crippen LogP contribution in [-0.4, -0.2) is 11.0 Å². The van der Waals surface area contributed by atoms with Gasteiger partial charge in [0.1, 0.15) is 5.76 Å². The van der Waals surface area contributed by atoms with Crippen LogP contribution < -0.4 is 0 Å². The van der Waals surface area contributed by atoms with E-state index >= 15 is 0 Å². The number of carbonyl (C=O) groups excluding carboxylic acids is 1. The molecule has 0 aliphatic rings. The van der Waals surface area contributed by atoms with Gasteiger partial charge in [0.2, 0.25) is 0 Å². The van der Waals surface area contributed by atoms with Crippen LogP contribution >= 0.6 is 11.8 Å². The van der Waals surface area contributed by atoms with E-state index in [1.807, 2.05) is 44.2 Å². The van der Waals surface area contributed by atoms with Gasteiger partial charge in [0.05, 0.1) is 17.3 Å². The first-order valence-corrected chi connectivity index (χ1v) is 7.38. The monoisotopic (exact) mass is 274 g/mol. The molecule has 100 valence electrons. The molecule has 1 atom stereocenters. The molecule has 1 unspecified atom stereocenters. The first kappa shape index (κ1) is 13.9. The van der Waals surface area contributed by atoms with Crippen molar-refractivity contribution in [2.24, 2.45) is 0 Å². The highest BCUT2D eigenvalue weighted by Crippen LogP contribution is 2.22. The summed E-state index contributed by atoms with van der Waals surface area (Å²) in [6, 6.07) is 9.69. The van der Waals surface area contributed by atoms with E-state index in [9.17, 15) is 4.79 Å². The van der Waals surface area contributed by atoms with Crippen LogP contribution in [0.25, 0.3) is 0 Å². The van der Waals surface area contributed by atoms with E-state index < -0.39 is 0 Å². The Hall–Kier alpha value is -1.48. The van der Waals surface area contributed by atoms with Gasteiger partial charge in [0.25, 0.3) is 0 Å². The number of thioether (sulfide) groups is 1. The molecule has 0 spiro atoms. The zero-order chi connectivity index (χ0) is 13.8. The van der Waals surface area contributed by atoms with Gasteiger partial charge in [-0.2, -0.15) is 0 Å². The van der Waals surface area contributed by atoms with E-state index in [-0.39, 0.29) is 11.0 Å². The molecular weight excluding hydrogens is 256 g/mol. The number of aryl methyl sites for hydroxylation is 2. The summed E-state index contributed by atoms with van der Waals surface area (Å²) < 4.78 is 5.27. The maximum Gasteiger partial charge on any atom is 0.175 e. The number of hydrogen-bond acceptors (Lipinski definition) is 3. The lowest BCUT2D eigenvalue weighted by Gasteiger charge is -2.10. The van der Waals surface area contributed by atoms with Crippen molar-refractivity contribution in [3.05, 3.63) is 59.0 Å². The number of furan rings is 1. The van der Waals surface area contributed by atoms with Crippen molar-refractivity contribution in [2.75, 3.05) is 0 Å². The van der Waals surface area contributed by atoms with Crippen LogP contribution in [0.2, 0.25) is 0 Å². The summed E-state index contributed by atoms with van der Waals surface area (Å²) in [5.41, 5.74) is 3.17. The third kappa shape index (κ3) is 3.51. The van der Waals surface area contributed by atoms with E-state index in [1.165, 1.54) is 5.56 Å². The molecule has 2 aromatic rings. The minimum Gasteiger partial charge on any atom is -0.468 e. The van der Waals surface area contributed by atoms with Gasteiger partial charge in [-0.05, 0) is 50.1 Å². The van der Waals surface area contributed by atoms with E-state index in [0.29, 0.717) is 0 Å². The van der Waals surface area contributed by atoms with Gasteiger partial charge in [-0.3, -0.25) is 4.79 Å². The van der Waals surface area contributed by atoms with Gasteiger partial charge in [-0.25, -0.2) is 0 Å². The zero-order valence-electron chi connectivity index (χ0n) is 11.5. The fraction of sp³-hybridized carbons (Fsp3) is 0.312. The molecule has 19 heavy (non-hydrogen) atoms. The lowest BCUT2D eigenvalue weighted by molar-refractivity contribution is 0.0994. The third-order valence-electron chi connectivity index (χ3n) is 3.22. The molecule has 3 heteroatoms. The molecule has 0 saturated heterocycles. The van der Waals surface area contributed by atoms with Crippen molar-refractivity contribution in [3.8, 4) is 0 Å². The molecule has 2 nitrogen and oxygen atoms in total. The van der Waals surface area contributed by atoms with Crippen molar-refractivity contribution >= 4 is 17.5 Å². The molecule has 2 rings (SSSR count). The number of Topliss-reactive ketones (excluding diaryl/α,β-unsaturated/α-hetero) is 1. The van der Waals surface area contributed by atoms with Gasteiger partial charge in [-0.15, -0.1) is 11.8 Å². The van der Waals surface area contributed by atoms with Crippen LogP contribution in [0.3, 0.4) is 0 Å². The Bertz CT molecular complexity index is 558. The Morgan fingerprint density at radius 2 is 2.05 bits per heavy atom. The number of hydrogen-bond donors (Lipinski definition) is 0. The van der Waals surface area contributed by atoms with Gasteiger partial charge < -0.3 is 4.42 Å². The molecule has 0 amide bonds. The van der Waals surface area contributed by atoms with Crippen LogP contribution in [0.1, 0.15) is 34.2 Å². The maximum absolute atomic E-state index is 12.3. The molecule has 1 aromatic heterocycles. The number of carbonyl (C=O) groups is 1. The highest BCUT2D eigenvalue weighted by atomic mass is 32.2. The third-order valence-corrected chi connectivity index (χ3v) is 4.38. The summed E-state index contributed by atoms with van der Waals surface area (Å²) in [6.07, 6.45) is 1.66. The summed E-state index contributed by atoms with van der Waals surface area (Å²) in [7, 11) is 0. The molecule has 0 fully saturated rings. The maximum atomic E-state index is 12.3. The first-order chi connectivity index (χ1) is 9.08. The first-order valence-electron chi connectivity index (χ1n) is 6.33. The van der Waals surface area contributed by atoms with Crippen LogP contribution in [0, 0.1) is 13.8 Å². The zero-order valence-corrected chi connectivity index (χ0v) is 12.3. The van der Waals surface area contributed by atoms with Crippen LogP contribution in [-0.2, 0) is 5.75 Å². The second-order valence-corrected chi connectivity index (χ2v) is 6.03. The smallest absolute Gasteiger partial charge is 0.175 e. The largest absolute Gasteiger partial charge is 0.468 e. The molecule has 0 radical (unpaired) electrons. The summed E-state index contributed by atoms with van der Waals surface area (Å²) >= 11 is 1.60. The predicted octanol–water partition coefficient (Wildman–Crippen LogP) is 4.40. The second kappa shape index (κ2) is 6.11. The number of ketones is 1. The van der Waals surface area contributed by atoms with Crippen LogP contribution in [0.4, 0.5) is 0 Å². The molecule has 0 bridgehead atoms. The summed E-state index contributed by atoms with van der Waals surface area (Å²) in [6.45, 7) is 6.04. The van der Waals surface area contributed by atoms with Crippen molar-refractivity contribution in [1.29, 1.82) is 0 Å². The summed E-state index contributed by atoms with van der Waals surface area (Å²) in [5.74, 6) is 1.81. The minimum absolute atomic E-state index is 0.0628. The van der Waals surface area contributed by atoms with Gasteiger partial charge in [-0.1, -0.05) is 12.1 Å². The summed E-state index contributed by atoms with van der Waals surface area (Å²) in [4.78, 5) is 12.3. The Balaban J connectivity index is 2.00. The molecule has 0 aliphatic heterocycles. The highest BCUT2D eigenvalue weighted by molar-refractivity contribution is 7.99. The Kier molecular flexibility index (Phi) is 4.48. The lowest BCUT2D eigenvalue weighted by atomic mass is 10.0. The highest BCUT2D eigenvalue weighted by Gasteiger charge is 2.16. The van der Waals surface area contributed by atoms with Gasteiger partial charge in [0.15, 0.2) is 5.78 Å². The van der Waals surface area contributed by atoms with E-state index in [2.05, 4.69) is 6.92 Å². The van der Waals surface area contributed by atoms with Crippen molar-refractivity contribution in [1.82, 2.24) is 0 Å². The molecule has 0 N–H and O–H groups in total. The van der Waals surface area contributed by atoms with Crippen molar-refractivity contribution in [3.63, 3.8) is 0 Å². The predicted molar refractivity (Wildman–Crippen MR) is 79.7 cm³/mol.